The van der Waals surface area contributed by atoms with Crippen LogP contribution >= 0.6 is 36.0 Å². The molecule has 0 aliphatic rings. The first-order chi connectivity index (χ1) is 14.6. The first-order valence-electron chi connectivity index (χ1n) is 8.96. The Balaban J connectivity index is 2.16. The van der Waals surface area contributed by atoms with E-state index in [1.165, 1.54) is 0 Å². The summed E-state index contributed by atoms with van der Waals surface area (Å²) in [5.74, 6) is 0. The van der Waals surface area contributed by atoms with Crippen LogP contribution in [0.5, 0.6) is 0 Å². The normalized spacial score (nSPS) is 11.2. The van der Waals surface area contributed by atoms with Gasteiger partial charge < -0.3 is 10.6 Å². The molecule has 0 amide bonds. The van der Waals surface area contributed by atoms with Gasteiger partial charge in [0.2, 0.25) is 0 Å². The second-order valence-electron chi connectivity index (χ2n) is 6.02. The maximum atomic E-state index is 6.82. The summed E-state index contributed by atoms with van der Waals surface area (Å²) in [6.07, 6.45) is 3.36. The van der Waals surface area contributed by atoms with Gasteiger partial charge in [0.1, 0.15) is 5.15 Å². The van der Waals surface area contributed by atoms with E-state index < -0.39 is 0 Å². The monoisotopic (exact) mass is 457 g/mol. The minimum Gasteiger partial charge on any atom is -0.364 e. The molecule has 3 aromatic rings. The highest BCUT2D eigenvalue weighted by molar-refractivity contribution is 7.80. The molecule has 154 valence electrons. The Morgan fingerprint density at radius 2 is 1.53 bits per heavy atom. The molecule has 0 saturated carbocycles. The Bertz CT molecular complexity index is 1120. The summed E-state index contributed by atoms with van der Waals surface area (Å²) < 4.78 is 1.96. The van der Waals surface area contributed by atoms with E-state index in [0.717, 1.165) is 27.7 Å². The molecule has 0 unspecified atom stereocenters. The predicted octanol–water partition coefficient (Wildman–Crippen LogP) is 3.14. The molecule has 3 rings (SSSR count). The van der Waals surface area contributed by atoms with E-state index in [4.69, 9.17) is 36.0 Å². The van der Waals surface area contributed by atoms with Crippen molar-refractivity contribution in [1.29, 1.82) is 0 Å². The van der Waals surface area contributed by atoms with E-state index in [0.29, 0.717) is 15.4 Å². The number of fused-ring (bicyclic) bond motifs is 1. The lowest BCUT2D eigenvalue weighted by Crippen LogP contribution is -2.28. The van der Waals surface area contributed by atoms with Crippen LogP contribution in [0.4, 0.5) is 0 Å². The molecule has 0 spiro atoms. The van der Waals surface area contributed by atoms with Crippen LogP contribution in [0.25, 0.3) is 16.6 Å². The van der Waals surface area contributed by atoms with E-state index in [-0.39, 0.29) is 0 Å². The van der Waals surface area contributed by atoms with Crippen LogP contribution in [0.2, 0.25) is 5.15 Å². The standard InChI is InChI=1S/C20H20ClN7S2/c1-22-19(29)26-24-11-13-7-6-10-15-16(12-25-27-20(30)23-2)18(21)28(17(13)15)14-8-4-3-5-9-14/h3-12H,1-2H3,(H2,22,26,29)(H2,23,27,30)/b24-11+,25-12+. The fourth-order valence-electron chi connectivity index (χ4n) is 2.83. The highest BCUT2D eigenvalue weighted by atomic mass is 35.5. The Morgan fingerprint density at radius 3 is 2.17 bits per heavy atom. The molecule has 0 aliphatic heterocycles. The van der Waals surface area contributed by atoms with Gasteiger partial charge in [0, 0.05) is 36.3 Å². The maximum Gasteiger partial charge on any atom is 0.186 e. The highest BCUT2D eigenvalue weighted by Crippen LogP contribution is 2.33. The topological polar surface area (TPSA) is 77.8 Å². The molecule has 1 aromatic heterocycles. The molecule has 2 aromatic carbocycles. The molecular weight excluding hydrogens is 438 g/mol. The zero-order valence-electron chi connectivity index (χ0n) is 16.3. The summed E-state index contributed by atoms with van der Waals surface area (Å²) >= 11 is 17.0. The Kier molecular flexibility index (Phi) is 7.34. The molecule has 0 bridgehead atoms. The summed E-state index contributed by atoms with van der Waals surface area (Å²) in [5.41, 5.74) is 8.96. The van der Waals surface area contributed by atoms with Gasteiger partial charge in [0.05, 0.1) is 17.9 Å². The fraction of sp³-hybridized carbons (Fsp3) is 0.100. The summed E-state index contributed by atoms with van der Waals surface area (Å²) in [7, 11) is 3.45. The average molecular weight is 458 g/mol. The molecule has 0 aliphatic carbocycles. The van der Waals surface area contributed by atoms with Crippen LogP contribution in [0, 0.1) is 0 Å². The number of hydrogen-bond donors (Lipinski definition) is 4. The minimum atomic E-state index is 0.411. The Labute approximate surface area is 190 Å². The second kappa shape index (κ2) is 10.1. The number of hydrazone groups is 2. The van der Waals surface area contributed by atoms with Crippen molar-refractivity contribution in [3.63, 3.8) is 0 Å². The van der Waals surface area contributed by atoms with Crippen LogP contribution in [0.1, 0.15) is 11.1 Å². The molecule has 0 radical (unpaired) electrons. The highest BCUT2D eigenvalue weighted by Gasteiger charge is 2.18. The van der Waals surface area contributed by atoms with Crippen molar-refractivity contribution < 1.29 is 0 Å². The van der Waals surface area contributed by atoms with Crippen molar-refractivity contribution >= 4 is 69.6 Å². The third kappa shape index (κ3) is 4.76. The number of halogens is 1. The third-order valence-electron chi connectivity index (χ3n) is 4.20. The summed E-state index contributed by atoms with van der Waals surface area (Å²) in [6.45, 7) is 0. The van der Waals surface area contributed by atoms with E-state index in [1.54, 1.807) is 26.5 Å². The minimum absolute atomic E-state index is 0.411. The van der Waals surface area contributed by atoms with Gasteiger partial charge in [0.25, 0.3) is 0 Å². The first-order valence-corrected chi connectivity index (χ1v) is 10.2. The molecular formula is C20H20ClN7S2. The number of hydrogen-bond acceptors (Lipinski definition) is 4. The van der Waals surface area contributed by atoms with Gasteiger partial charge in [-0.05, 0) is 36.6 Å². The van der Waals surface area contributed by atoms with Gasteiger partial charge >= 0.3 is 0 Å². The fourth-order valence-corrected chi connectivity index (χ4v) is 3.27. The van der Waals surface area contributed by atoms with Gasteiger partial charge in [-0.3, -0.25) is 15.4 Å². The summed E-state index contributed by atoms with van der Waals surface area (Å²) in [6, 6.07) is 15.7. The van der Waals surface area contributed by atoms with Crippen molar-refractivity contribution in [3.05, 3.63) is 64.8 Å². The summed E-state index contributed by atoms with van der Waals surface area (Å²) in [5, 5.41) is 16.3. The van der Waals surface area contributed by atoms with Gasteiger partial charge in [-0.1, -0.05) is 48.0 Å². The molecule has 0 atom stereocenters. The number of thiocarbonyl (C=S) groups is 2. The van der Waals surface area contributed by atoms with Crippen molar-refractivity contribution in [3.8, 4) is 5.69 Å². The van der Waals surface area contributed by atoms with E-state index in [2.05, 4.69) is 31.7 Å². The van der Waals surface area contributed by atoms with E-state index >= 15 is 0 Å². The number of rotatable bonds is 5. The van der Waals surface area contributed by atoms with Gasteiger partial charge in [0.15, 0.2) is 10.2 Å². The lowest BCUT2D eigenvalue weighted by Gasteiger charge is -2.09. The average Bonchev–Trinajstić information content (AvgIpc) is 3.06. The lowest BCUT2D eigenvalue weighted by atomic mass is 10.1. The predicted molar refractivity (Wildman–Crippen MR) is 133 cm³/mol. The zero-order valence-corrected chi connectivity index (χ0v) is 18.7. The van der Waals surface area contributed by atoms with Crippen LogP contribution in [0.15, 0.2) is 58.7 Å². The third-order valence-corrected chi connectivity index (χ3v) is 5.16. The molecule has 1 heterocycles. The maximum absolute atomic E-state index is 6.82. The molecule has 30 heavy (non-hydrogen) atoms. The quantitative estimate of drug-likeness (QED) is 0.268. The van der Waals surface area contributed by atoms with Crippen LogP contribution < -0.4 is 21.5 Å². The molecule has 0 fully saturated rings. The van der Waals surface area contributed by atoms with E-state index in [9.17, 15) is 0 Å². The zero-order chi connectivity index (χ0) is 21.5. The lowest BCUT2D eigenvalue weighted by molar-refractivity contribution is 0.982. The number of nitrogens with one attached hydrogen (secondary N) is 4. The van der Waals surface area contributed by atoms with Crippen LogP contribution in [-0.4, -0.2) is 41.3 Å². The SMILES string of the molecule is CNC(=S)N/N=C/c1c(Cl)n(-c2ccccc2)c2c(/C=N/NC(=S)NC)cccc12. The Morgan fingerprint density at radius 1 is 0.900 bits per heavy atom. The van der Waals surface area contributed by atoms with Gasteiger partial charge in [-0.15, -0.1) is 0 Å². The molecule has 0 saturated heterocycles. The number of para-hydroxylation sites is 2. The second-order valence-corrected chi connectivity index (χ2v) is 7.19. The first kappa shape index (κ1) is 21.7. The van der Waals surface area contributed by atoms with Crippen LogP contribution in [0.3, 0.4) is 0 Å². The van der Waals surface area contributed by atoms with E-state index in [1.807, 2.05) is 53.1 Å². The van der Waals surface area contributed by atoms with Gasteiger partial charge in [-0.2, -0.15) is 10.2 Å². The van der Waals surface area contributed by atoms with Crippen LogP contribution in [-0.2, 0) is 0 Å². The van der Waals surface area contributed by atoms with Crippen molar-refractivity contribution in [2.45, 2.75) is 0 Å². The van der Waals surface area contributed by atoms with Crippen molar-refractivity contribution in [2.24, 2.45) is 10.2 Å². The molecule has 4 N–H and O–H groups in total. The molecule has 10 heteroatoms. The smallest absolute Gasteiger partial charge is 0.186 e. The number of nitrogens with zero attached hydrogens (tertiary/aromatic N) is 3. The van der Waals surface area contributed by atoms with Gasteiger partial charge in [-0.25, -0.2) is 0 Å². The number of aromatic nitrogens is 1. The molecule has 7 nitrogen and oxygen atoms in total. The Hall–Kier alpha value is -3.01. The number of benzene rings is 2. The largest absolute Gasteiger partial charge is 0.364 e. The van der Waals surface area contributed by atoms with Crippen molar-refractivity contribution in [1.82, 2.24) is 26.1 Å². The summed E-state index contributed by atoms with van der Waals surface area (Å²) in [4.78, 5) is 0. The van der Waals surface area contributed by atoms with Crippen molar-refractivity contribution in [2.75, 3.05) is 14.1 Å².